The van der Waals surface area contributed by atoms with E-state index in [4.69, 9.17) is 9.84 Å². The number of hydrogen-bond acceptors (Lipinski definition) is 3. The number of carboxylic acid groups (broad SMARTS) is 1. The van der Waals surface area contributed by atoms with Crippen LogP contribution in [-0.4, -0.2) is 35.2 Å². The zero-order chi connectivity index (χ0) is 12.2. The fourth-order valence-electron chi connectivity index (χ4n) is 1.82. The molecule has 2 atom stereocenters. The minimum atomic E-state index is -0.989. The summed E-state index contributed by atoms with van der Waals surface area (Å²) in [7, 11) is 0. The molecule has 1 fully saturated rings. The molecular weight excluding hydrogens is 210 g/mol. The Morgan fingerprint density at radius 2 is 2.25 bits per heavy atom. The third-order valence-corrected chi connectivity index (χ3v) is 2.88. The molecule has 1 aliphatic heterocycles. The number of carbonyl (C=O) groups excluding carboxylic acids is 1. The number of amides is 1. The van der Waals surface area contributed by atoms with Gasteiger partial charge >= 0.3 is 5.97 Å². The standard InChI is InChI=1S/C11H19NO4/c1-3-5-8(9(13)14)12-10(15)11(2)6-4-7-16-11/h8H,3-7H2,1-2H3,(H,12,15)(H,13,14)/t8-,11?/m1/s1. The van der Waals surface area contributed by atoms with Gasteiger partial charge in [-0.25, -0.2) is 4.79 Å². The third kappa shape index (κ3) is 2.95. The van der Waals surface area contributed by atoms with Gasteiger partial charge in [0.15, 0.2) is 0 Å². The maximum atomic E-state index is 11.9. The molecule has 5 heteroatoms. The molecule has 1 unspecified atom stereocenters. The Morgan fingerprint density at radius 3 is 2.69 bits per heavy atom. The molecule has 1 heterocycles. The second kappa shape index (κ2) is 5.30. The van der Waals surface area contributed by atoms with E-state index in [2.05, 4.69) is 5.32 Å². The largest absolute Gasteiger partial charge is 0.480 e. The van der Waals surface area contributed by atoms with E-state index in [1.807, 2.05) is 6.92 Å². The highest BCUT2D eigenvalue weighted by atomic mass is 16.5. The average Bonchev–Trinajstić information content (AvgIpc) is 2.65. The zero-order valence-electron chi connectivity index (χ0n) is 9.78. The molecule has 5 nitrogen and oxygen atoms in total. The van der Waals surface area contributed by atoms with E-state index < -0.39 is 17.6 Å². The molecule has 1 saturated heterocycles. The summed E-state index contributed by atoms with van der Waals surface area (Å²) in [4.78, 5) is 22.7. The van der Waals surface area contributed by atoms with Gasteiger partial charge in [0.1, 0.15) is 11.6 Å². The molecule has 0 aliphatic carbocycles. The van der Waals surface area contributed by atoms with Gasteiger partial charge < -0.3 is 15.2 Å². The lowest BCUT2D eigenvalue weighted by molar-refractivity contribution is -0.147. The second-order valence-electron chi connectivity index (χ2n) is 4.34. The van der Waals surface area contributed by atoms with Gasteiger partial charge in [0.2, 0.25) is 0 Å². The van der Waals surface area contributed by atoms with Crippen LogP contribution in [0.1, 0.15) is 39.5 Å². The molecule has 2 N–H and O–H groups in total. The molecule has 0 aromatic carbocycles. The summed E-state index contributed by atoms with van der Waals surface area (Å²) >= 11 is 0. The molecule has 1 aliphatic rings. The minimum Gasteiger partial charge on any atom is -0.480 e. The van der Waals surface area contributed by atoms with Crippen molar-refractivity contribution in [2.24, 2.45) is 0 Å². The summed E-state index contributed by atoms with van der Waals surface area (Å²) in [5.41, 5.74) is -0.846. The van der Waals surface area contributed by atoms with Crippen LogP contribution in [0, 0.1) is 0 Å². The van der Waals surface area contributed by atoms with E-state index >= 15 is 0 Å². The molecule has 1 rings (SSSR count). The van der Waals surface area contributed by atoms with Crippen molar-refractivity contribution in [3.05, 3.63) is 0 Å². The van der Waals surface area contributed by atoms with E-state index in [0.29, 0.717) is 19.4 Å². The Bertz CT molecular complexity index is 271. The zero-order valence-corrected chi connectivity index (χ0v) is 9.78. The van der Waals surface area contributed by atoms with Crippen molar-refractivity contribution in [2.75, 3.05) is 6.61 Å². The van der Waals surface area contributed by atoms with Gasteiger partial charge in [-0.1, -0.05) is 13.3 Å². The number of carboxylic acids is 1. The lowest BCUT2D eigenvalue weighted by atomic mass is 10.0. The van der Waals surface area contributed by atoms with Gasteiger partial charge in [-0.2, -0.15) is 0 Å². The van der Waals surface area contributed by atoms with E-state index in [-0.39, 0.29) is 5.91 Å². The van der Waals surface area contributed by atoms with Crippen LogP contribution < -0.4 is 5.32 Å². The second-order valence-corrected chi connectivity index (χ2v) is 4.34. The maximum Gasteiger partial charge on any atom is 0.326 e. The van der Waals surface area contributed by atoms with Crippen molar-refractivity contribution in [3.63, 3.8) is 0 Å². The lowest BCUT2D eigenvalue weighted by Gasteiger charge is -2.24. The molecule has 0 radical (unpaired) electrons. The van der Waals surface area contributed by atoms with Crippen LogP contribution in [0.4, 0.5) is 0 Å². The Morgan fingerprint density at radius 1 is 1.56 bits per heavy atom. The van der Waals surface area contributed by atoms with Crippen molar-refractivity contribution in [3.8, 4) is 0 Å². The number of hydrogen-bond donors (Lipinski definition) is 2. The summed E-state index contributed by atoms with van der Waals surface area (Å²) in [6.45, 7) is 4.16. The van der Waals surface area contributed by atoms with Gasteiger partial charge in [-0.15, -0.1) is 0 Å². The molecule has 0 bridgehead atoms. The number of nitrogens with one attached hydrogen (secondary N) is 1. The number of ether oxygens (including phenoxy) is 1. The Hall–Kier alpha value is -1.10. The molecule has 0 aromatic rings. The van der Waals surface area contributed by atoms with Crippen molar-refractivity contribution < 1.29 is 19.4 Å². The summed E-state index contributed by atoms with van der Waals surface area (Å²) in [5.74, 6) is -1.30. The first-order valence-corrected chi connectivity index (χ1v) is 5.67. The van der Waals surface area contributed by atoms with Gasteiger partial charge in [0.05, 0.1) is 0 Å². The topological polar surface area (TPSA) is 75.6 Å². The minimum absolute atomic E-state index is 0.314. The van der Waals surface area contributed by atoms with Gasteiger partial charge in [0.25, 0.3) is 5.91 Å². The van der Waals surface area contributed by atoms with Gasteiger partial charge in [-0.3, -0.25) is 4.79 Å². The van der Waals surface area contributed by atoms with Crippen LogP contribution in [0.15, 0.2) is 0 Å². The van der Waals surface area contributed by atoms with Crippen LogP contribution >= 0.6 is 0 Å². The number of aliphatic carboxylic acids is 1. The first kappa shape index (κ1) is 13.0. The van der Waals surface area contributed by atoms with Crippen molar-refractivity contribution in [1.29, 1.82) is 0 Å². The Labute approximate surface area is 95.2 Å². The normalized spacial score (nSPS) is 26.4. The summed E-state index contributed by atoms with van der Waals surface area (Å²) in [5, 5.41) is 11.5. The molecule has 16 heavy (non-hydrogen) atoms. The molecule has 92 valence electrons. The van der Waals surface area contributed by atoms with Crippen LogP contribution in [0.2, 0.25) is 0 Å². The van der Waals surface area contributed by atoms with Crippen molar-refractivity contribution in [1.82, 2.24) is 5.32 Å². The monoisotopic (exact) mass is 229 g/mol. The van der Waals surface area contributed by atoms with Crippen LogP contribution in [0.25, 0.3) is 0 Å². The van der Waals surface area contributed by atoms with Crippen molar-refractivity contribution >= 4 is 11.9 Å². The summed E-state index contributed by atoms with van der Waals surface area (Å²) in [6.07, 6.45) is 2.65. The van der Waals surface area contributed by atoms with Gasteiger partial charge in [0, 0.05) is 6.61 Å². The highest BCUT2D eigenvalue weighted by Gasteiger charge is 2.39. The maximum absolute atomic E-state index is 11.9. The van der Waals surface area contributed by atoms with E-state index in [9.17, 15) is 9.59 Å². The van der Waals surface area contributed by atoms with E-state index in [0.717, 1.165) is 12.8 Å². The average molecular weight is 229 g/mol. The Kier molecular flexibility index (Phi) is 4.29. The predicted octanol–water partition coefficient (Wildman–Crippen LogP) is 0.925. The fraction of sp³-hybridized carbons (Fsp3) is 0.818. The predicted molar refractivity (Wildman–Crippen MR) is 58.1 cm³/mol. The molecule has 1 amide bonds. The lowest BCUT2D eigenvalue weighted by Crippen LogP contribution is -2.50. The van der Waals surface area contributed by atoms with E-state index in [1.165, 1.54) is 0 Å². The first-order valence-electron chi connectivity index (χ1n) is 5.67. The molecule has 0 aromatic heterocycles. The highest BCUT2D eigenvalue weighted by Crippen LogP contribution is 2.25. The SMILES string of the molecule is CCC[C@@H](NC(=O)C1(C)CCCO1)C(=O)O. The van der Waals surface area contributed by atoms with Crippen molar-refractivity contribution in [2.45, 2.75) is 51.2 Å². The highest BCUT2D eigenvalue weighted by molar-refractivity contribution is 5.89. The van der Waals surface area contributed by atoms with Crippen LogP contribution in [0.5, 0.6) is 0 Å². The summed E-state index contributed by atoms with van der Waals surface area (Å²) in [6, 6.07) is -0.807. The molecule has 0 spiro atoms. The number of rotatable bonds is 5. The first-order chi connectivity index (χ1) is 7.49. The number of carbonyl (C=O) groups is 2. The molecule has 0 saturated carbocycles. The molecular formula is C11H19NO4. The fourth-order valence-corrected chi connectivity index (χ4v) is 1.82. The smallest absolute Gasteiger partial charge is 0.326 e. The van der Waals surface area contributed by atoms with Crippen LogP contribution in [0.3, 0.4) is 0 Å². The summed E-state index contributed by atoms with van der Waals surface area (Å²) < 4.78 is 5.36. The van der Waals surface area contributed by atoms with Crippen LogP contribution in [-0.2, 0) is 14.3 Å². The van der Waals surface area contributed by atoms with Gasteiger partial charge in [-0.05, 0) is 26.2 Å². The Balaban J connectivity index is 2.57. The third-order valence-electron chi connectivity index (χ3n) is 2.88. The quantitative estimate of drug-likeness (QED) is 0.735. The van der Waals surface area contributed by atoms with E-state index in [1.54, 1.807) is 6.92 Å².